The maximum Gasteiger partial charge on any atom is 0.0686 e. The molecule has 2 heteroatoms. The van der Waals surface area contributed by atoms with Gasteiger partial charge in [-0.25, -0.2) is 0 Å². The third kappa shape index (κ3) is 3.78. The number of hydrogen-bond donors (Lipinski definition) is 2. The van der Waals surface area contributed by atoms with Crippen molar-refractivity contribution in [2.24, 2.45) is 45.8 Å². The molecule has 0 spiro atoms. The highest BCUT2D eigenvalue weighted by molar-refractivity contribution is 5.40. The van der Waals surface area contributed by atoms with E-state index in [1.165, 1.54) is 50.5 Å². The molecule has 2 unspecified atom stereocenters. The Morgan fingerprint density at radius 1 is 1.06 bits per heavy atom. The first kappa shape index (κ1) is 23.6. The van der Waals surface area contributed by atoms with E-state index in [1.54, 1.807) is 5.57 Å². The Morgan fingerprint density at radius 3 is 2.45 bits per heavy atom. The number of aliphatic hydroxyl groups excluding tert-OH is 2. The van der Waals surface area contributed by atoms with Crippen LogP contribution >= 0.6 is 0 Å². The highest BCUT2D eigenvalue weighted by Gasteiger charge is 2.59. The summed E-state index contributed by atoms with van der Waals surface area (Å²) >= 11 is 0. The van der Waals surface area contributed by atoms with Crippen molar-refractivity contribution >= 4 is 0 Å². The highest BCUT2D eigenvalue weighted by atomic mass is 16.3. The second-order valence-electron chi connectivity index (χ2n) is 13.5. The number of rotatable bonds is 4. The summed E-state index contributed by atoms with van der Waals surface area (Å²) in [5.74, 6) is 2.70. The fourth-order valence-electron chi connectivity index (χ4n) is 8.46. The fraction of sp³-hybridized carbons (Fsp3) is 0.862. The van der Waals surface area contributed by atoms with E-state index in [4.69, 9.17) is 0 Å². The first-order valence-corrected chi connectivity index (χ1v) is 13.2. The molecule has 3 fully saturated rings. The second kappa shape index (κ2) is 8.01. The van der Waals surface area contributed by atoms with Gasteiger partial charge < -0.3 is 10.2 Å². The highest BCUT2D eigenvalue weighted by Crippen LogP contribution is 2.66. The Kier molecular flexibility index (Phi) is 6.09. The summed E-state index contributed by atoms with van der Waals surface area (Å²) < 4.78 is 0. The zero-order valence-corrected chi connectivity index (χ0v) is 21.2. The van der Waals surface area contributed by atoms with Crippen molar-refractivity contribution in [3.05, 3.63) is 23.3 Å². The van der Waals surface area contributed by atoms with Crippen LogP contribution in [0, 0.1) is 45.8 Å². The van der Waals surface area contributed by atoms with Crippen LogP contribution in [-0.2, 0) is 0 Å². The molecule has 0 saturated heterocycles. The maximum atomic E-state index is 11.3. The first-order valence-electron chi connectivity index (χ1n) is 13.2. The number of aliphatic hydroxyl groups is 2. The van der Waals surface area contributed by atoms with Gasteiger partial charge in [0, 0.05) is 11.3 Å². The van der Waals surface area contributed by atoms with Crippen LogP contribution in [0.2, 0.25) is 0 Å². The average molecular weight is 429 g/mol. The molecule has 4 aliphatic carbocycles. The van der Waals surface area contributed by atoms with E-state index in [-0.39, 0.29) is 11.3 Å². The predicted molar refractivity (Wildman–Crippen MR) is 130 cm³/mol. The third-order valence-electron chi connectivity index (χ3n) is 10.5. The summed E-state index contributed by atoms with van der Waals surface area (Å²) in [6.45, 7) is 16.5. The fourth-order valence-corrected chi connectivity index (χ4v) is 8.46. The molecule has 2 nitrogen and oxygen atoms in total. The lowest BCUT2D eigenvalue weighted by Gasteiger charge is -2.57. The summed E-state index contributed by atoms with van der Waals surface area (Å²) in [5, 5.41) is 21.8. The standard InChI is InChI=1S/C29H48O2/c1-18(9-8-15-27(3,4)5)22-12-13-23-21-11-10-20-17-25(30)19(2)26(31)29(20,7)24(21)14-16-28(22,23)6/h10-11,18-19,22-26,30-31H,8-9,12-17H2,1-7H3/t18-,19-,22-,23?,24?,25-,26+,28-,29+/m1/s1. The number of hydrogen-bond acceptors (Lipinski definition) is 2. The van der Waals surface area contributed by atoms with Crippen LogP contribution in [0.4, 0.5) is 0 Å². The molecule has 0 heterocycles. The summed E-state index contributed by atoms with van der Waals surface area (Å²) in [6, 6.07) is 0. The Balaban J connectivity index is 1.55. The van der Waals surface area contributed by atoms with Crippen LogP contribution in [-0.4, -0.2) is 22.4 Å². The lowest BCUT2D eigenvalue weighted by molar-refractivity contribution is -0.0912. The number of allylic oxidation sites excluding steroid dienone is 3. The molecule has 176 valence electrons. The van der Waals surface area contributed by atoms with Crippen molar-refractivity contribution in [1.82, 2.24) is 0 Å². The van der Waals surface area contributed by atoms with Crippen LogP contribution in [0.1, 0.15) is 99.8 Å². The summed E-state index contributed by atoms with van der Waals surface area (Å²) in [5.41, 5.74) is 3.58. The van der Waals surface area contributed by atoms with Gasteiger partial charge in [-0.15, -0.1) is 0 Å². The lowest BCUT2D eigenvalue weighted by atomic mass is 9.48. The van der Waals surface area contributed by atoms with Crippen LogP contribution < -0.4 is 0 Å². The second-order valence-corrected chi connectivity index (χ2v) is 13.5. The van der Waals surface area contributed by atoms with E-state index < -0.39 is 12.2 Å². The summed E-state index contributed by atoms with van der Waals surface area (Å²) in [7, 11) is 0. The number of fused-ring (bicyclic) bond motifs is 5. The van der Waals surface area contributed by atoms with E-state index in [1.807, 2.05) is 6.92 Å². The minimum atomic E-state index is -0.450. The van der Waals surface area contributed by atoms with E-state index in [0.717, 1.165) is 18.3 Å². The quantitative estimate of drug-likeness (QED) is 0.510. The molecule has 2 N–H and O–H groups in total. The van der Waals surface area contributed by atoms with Gasteiger partial charge in [0.25, 0.3) is 0 Å². The molecule has 9 atom stereocenters. The lowest BCUT2D eigenvalue weighted by Crippen LogP contribution is -2.55. The Hall–Kier alpha value is -0.600. The van der Waals surface area contributed by atoms with E-state index >= 15 is 0 Å². The molecular weight excluding hydrogens is 380 g/mol. The molecule has 3 saturated carbocycles. The monoisotopic (exact) mass is 428 g/mol. The molecule has 0 radical (unpaired) electrons. The Labute approximate surface area is 191 Å². The largest absolute Gasteiger partial charge is 0.392 e. The molecule has 0 aromatic heterocycles. The van der Waals surface area contributed by atoms with Gasteiger partial charge in [0.05, 0.1) is 12.2 Å². The van der Waals surface area contributed by atoms with Gasteiger partial charge in [0.2, 0.25) is 0 Å². The summed E-state index contributed by atoms with van der Waals surface area (Å²) in [4.78, 5) is 0. The average Bonchev–Trinajstić information content (AvgIpc) is 3.04. The van der Waals surface area contributed by atoms with E-state index in [0.29, 0.717) is 22.7 Å². The van der Waals surface area contributed by atoms with Crippen LogP contribution in [0.5, 0.6) is 0 Å². The van der Waals surface area contributed by atoms with Crippen molar-refractivity contribution in [1.29, 1.82) is 0 Å². The Bertz CT molecular complexity index is 742. The van der Waals surface area contributed by atoms with Crippen LogP contribution in [0.3, 0.4) is 0 Å². The van der Waals surface area contributed by atoms with Gasteiger partial charge in [-0.2, -0.15) is 0 Å². The zero-order valence-electron chi connectivity index (χ0n) is 21.2. The molecule has 0 aromatic rings. The SMILES string of the molecule is C[C@@H]1[C@H](O)CC2=CC=C3C4CC[C@H]([C@H](C)CCCC(C)(C)C)[C@@]4(C)CCC3[C@@]2(C)[C@H]1O. The normalized spacial score (nSPS) is 45.8. The van der Waals surface area contributed by atoms with E-state index in [2.05, 4.69) is 53.7 Å². The Morgan fingerprint density at radius 2 is 1.77 bits per heavy atom. The molecule has 4 rings (SSSR count). The van der Waals surface area contributed by atoms with Crippen LogP contribution in [0.25, 0.3) is 0 Å². The molecular formula is C29H48O2. The first-order chi connectivity index (χ1) is 14.4. The third-order valence-corrected chi connectivity index (χ3v) is 10.5. The van der Waals surface area contributed by atoms with Gasteiger partial charge in [-0.3, -0.25) is 0 Å². The van der Waals surface area contributed by atoms with Gasteiger partial charge in [0.1, 0.15) is 0 Å². The van der Waals surface area contributed by atoms with Crippen molar-refractivity contribution in [2.75, 3.05) is 0 Å². The smallest absolute Gasteiger partial charge is 0.0686 e. The topological polar surface area (TPSA) is 40.5 Å². The van der Waals surface area contributed by atoms with Crippen molar-refractivity contribution in [3.63, 3.8) is 0 Å². The van der Waals surface area contributed by atoms with Gasteiger partial charge in [-0.05, 0) is 73.0 Å². The minimum Gasteiger partial charge on any atom is -0.392 e. The molecule has 0 bridgehead atoms. The molecule has 0 amide bonds. The minimum absolute atomic E-state index is 0.0472. The van der Waals surface area contributed by atoms with Crippen molar-refractivity contribution in [2.45, 2.75) is 112 Å². The zero-order chi connectivity index (χ0) is 22.8. The van der Waals surface area contributed by atoms with Crippen molar-refractivity contribution in [3.8, 4) is 0 Å². The summed E-state index contributed by atoms with van der Waals surface area (Å²) in [6.07, 6.45) is 13.8. The van der Waals surface area contributed by atoms with Gasteiger partial charge in [0.15, 0.2) is 0 Å². The van der Waals surface area contributed by atoms with Gasteiger partial charge in [-0.1, -0.05) is 84.6 Å². The molecule has 0 aromatic carbocycles. The van der Waals surface area contributed by atoms with E-state index in [9.17, 15) is 10.2 Å². The molecule has 31 heavy (non-hydrogen) atoms. The maximum absolute atomic E-state index is 11.3. The molecule has 0 aliphatic heterocycles. The predicted octanol–water partition coefficient (Wildman–Crippen LogP) is 6.92. The van der Waals surface area contributed by atoms with Crippen molar-refractivity contribution < 1.29 is 10.2 Å². The van der Waals surface area contributed by atoms with Crippen LogP contribution in [0.15, 0.2) is 23.3 Å². The molecule has 4 aliphatic rings. The van der Waals surface area contributed by atoms with Gasteiger partial charge >= 0.3 is 0 Å².